The van der Waals surface area contributed by atoms with Crippen LogP contribution in [0.3, 0.4) is 0 Å². The van der Waals surface area contributed by atoms with Crippen molar-refractivity contribution in [2.24, 2.45) is 0 Å². The van der Waals surface area contributed by atoms with Crippen molar-refractivity contribution in [1.82, 2.24) is 0 Å². The Morgan fingerprint density at radius 1 is 0.333 bits per heavy atom. The Labute approximate surface area is 68.3 Å². The monoisotopic (exact) mass is 184 g/mol. The van der Waals surface area contributed by atoms with Gasteiger partial charge in [0.25, 0.3) is 0 Å². The number of rotatable bonds is 0. The summed E-state index contributed by atoms with van der Waals surface area (Å²) in [7, 11) is 0. The summed E-state index contributed by atoms with van der Waals surface area (Å²) in [4.78, 5) is 0. The smallest absolute Gasteiger partial charge is 0 e. The molecule has 0 spiro atoms. The first-order valence-electron chi connectivity index (χ1n) is 0. The maximum absolute atomic E-state index is 0. The fraction of sp³-hybridized carbons (Fsp3) is 0. The second kappa shape index (κ2) is 98.9. The molecule has 0 amide bonds. The van der Waals surface area contributed by atoms with Crippen LogP contribution < -0.4 is 0 Å². The zero-order valence-electron chi connectivity index (χ0n) is 2.75. The molecule has 0 aliphatic carbocycles. The Morgan fingerprint density at radius 2 is 0.333 bits per heavy atom. The molecule has 0 nitrogen and oxygen atoms in total. The zero-order valence-corrected chi connectivity index (χ0v) is 6.83. The maximum atomic E-state index is 0. The van der Waals surface area contributed by atoms with E-state index in [9.17, 15) is 0 Å². The Kier molecular flexibility index (Phi) is 2650. The molecule has 0 fully saturated rings. The minimum absolute atomic E-state index is 0. The van der Waals surface area contributed by atoms with Crippen LogP contribution >= 0.6 is 62.0 Å². The molecule has 0 saturated heterocycles. The van der Waals surface area contributed by atoms with Crippen molar-refractivity contribution in [1.29, 1.82) is 0 Å². The fourth-order valence-electron chi connectivity index (χ4n) is 0. The van der Waals surface area contributed by atoms with Crippen LogP contribution in [0.15, 0.2) is 0 Å². The molecule has 0 unspecified atom stereocenters. The molecule has 0 aromatic carbocycles. The van der Waals surface area contributed by atoms with Crippen molar-refractivity contribution in [2.45, 2.75) is 0 Å². The molecule has 0 bridgehead atoms. The van der Waals surface area contributed by atoms with Crippen molar-refractivity contribution >= 4 is 62.0 Å². The third-order valence-corrected chi connectivity index (χ3v) is 0. The molecule has 0 rings (SSSR count). The zero-order chi connectivity index (χ0) is 0. The third kappa shape index (κ3) is 55.1. The van der Waals surface area contributed by atoms with Crippen molar-refractivity contribution in [3.63, 3.8) is 0 Å². The molecule has 6 heteroatoms. The van der Waals surface area contributed by atoms with Crippen LogP contribution in [0.5, 0.6) is 0 Å². The molecule has 0 saturated carbocycles. The van der Waals surface area contributed by atoms with Gasteiger partial charge < -0.3 is 0 Å². The normalized spacial score (nSPS) is 0. The molecule has 0 atom stereocenters. The first-order valence-corrected chi connectivity index (χ1v) is 0. The standard InChI is InChI=1S/5ClH.He/h5*1H;. The van der Waals surface area contributed by atoms with Crippen molar-refractivity contribution in [2.75, 3.05) is 0 Å². The van der Waals surface area contributed by atoms with Crippen LogP contribution in [0.25, 0.3) is 0 Å². The van der Waals surface area contributed by atoms with E-state index in [2.05, 4.69) is 0 Å². The Balaban J connectivity index is 0. The molecule has 0 aromatic rings. The van der Waals surface area contributed by atoms with Gasteiger partial charge in [-0.2, -0.15) is 0 Å². The number of halogens is 5. The van der Waals surface area contributed by atoms with Gasteiger partial charge in [0, 0.05) is 6.15 Å². The SMILES string of the molecule is Cl.Cl.Cl.Cl.Cl.[He]. The van der Waals surface area contributed by atoms with E-state index < -0.39 is 0 Å². The molecular weight excluding hydrogens is 181 g/mol. The van der Waals surface area contributed by atoms with Crippen LogP contribution in [-0.4, -0.2) is 0 Å². The fourth-order valence-corrected chi connectivity index (χ4v) is 0. The van der Waals surface area contributed by atoms with Gasteiger partial charge in [-0.15, -0.1) is 62.0 Å². The van der Waals surface area contributed by atoms with E-state index in [1.165, 1.54) is 0 Å². The second-order valence-corrected chi connectivity index (χ2v) is 0. The van der Waals surface area contributed by atoms with Gasteiger partial charge in [0.1, 0.15) is 0 Å². The van der Waals surface area contributed by atoms with E-state index in [0.29, 0.717) is 0 Å². The van der Waals surface area contributed by atoms with E-state index in [0.717, 1.165) is 0 Å². The summed E-state index contributed by atoms with van der Waals surface area (Å²) in [6, 6.07) is 0. The summed E-state index contributed by atoms with van der Waals surface area (Å²) in [5.41, 5.74) is 0. The summed E-state index contributed by atoms with van der Waals surface area (Å²) in [5, 5.41) is 0. The summed E-state index contributed by atoms with van der Waals surface area (Å²) in [6.45, 7) is 0. The predicted octanol–water partition coefficient (Wildman–Crippen LogP) is 2.11. The van der Waals surface area contributed by atoms with Gasteiger partial charge in [0.05, 0.1) is 0 Å². The van der Waals surface area contributed by atoms with Crippen LogP contribution in [0.1, 0.15) is 0 Å². The predicted molar refractivity (Wildman–Crippen MR) is 36.2 cm³/mol. The number of hydrogen-bond acceptors (Lipinski definition) is 0. The largest absolute Gasteiger partial charge is 0.147 e. The molecule has 0 radical (unpaired) electrons. The summed E-state index contributed by atoms with van der Waals surface area (Å²) in [6.07, 6.45) is 0. The minimum atomic E-state index is 0. The Hall–Kier alpha value is 1.36. The molecule has 6 heavy (non-hydrogen) atoms. The van der Waals surface area contributed by atoms with Gasteiger partial charge in [0.15, 0.2) is 0 Å². The van der Waals surface area contributed by atoms with E-state index >= 15 is 0 Å². The maximum Gasteiger partial charge on any atom is 0 e. The topological polar surface area (TPSA) is 0 Å². The summed E-state index contributed by atoms with van der Waals surface area (Å²) in [5.74, 6) is 0. The first kappa shape index (κ1) is 161. The molecule has 0 aromatic heterocycles. The van der Waals surface area contributed by atoms with Gasteiger partial charge in [0.2, 0.25) is 0 Å². The summed E-state index contributed by atoms with van der Waals surface area (Å²) >= 11 is 0. The van der Waals surface area contributed by atoms with Crippen LogP contribution in [0.2, 0.25) is 0 Å². The Morgan fingerprint density at radius 3 is 0.333 bits per heavy atom. The van der Waals surface area contributed by atoms with Crippen LogP contribution in [-0.2, 0) is 0 Å². The molecule has 42 valence electrons. The Bertz CT molecular complexity index is 3.90. The van der Waals surface area contributed by atoms with E-state index in [-0.39, 0.29) is 68.2 Å². The van der Waals surface area contributed by atoms with E-state index in [4.69, 9.17) is 0 Å². The second-order valence-electron chi connectivity index (χ2n) is 0. The van der Waals surface area contributed by atoms with Gasteiger partial charge in [-0.25, -0.2) is 0 Å². The molecular formula is H5Cl5He. The molecule has 0 heterocycles. The number of hydrogen-bond donors (Lipinski definition) is 0. The van der Waals surface area contributed by atoms with Gasteiger partial charge >= 0.3 is 0 Å². The van der Waals surface area contributed by atoms with Gasteiger partial charge in [-0.05, 0) is 0 Å². The van der Waals surface area contributed by atoms with Gasteiger partial charge in [-0.3, -0.25) is 0 Å². The average molecular weight is 186 g/mol. The van der Waals surface area contributed by atoms with Crippen molar-refractivity contribution in [3.05, 3.63) is 0 Å². The van der Waals surface area contributed by atoms with E-state index in [1.807, 2.05) is 0 Å². The minimum Gasteiger partial charge on any atom is -0.147 e. The van der Waals surface area contributed by atoms with Crippen molar-refractivity contribution < 1.29 is 6.15 Å². The van der Waals surface area contributed by atoms with E-state index in [1.54, 1.807) is 0 Å². The quantitative estimate of drug-likeness (QED) is 0.543. The van der Waals surface area contributed by atoms with Crippen molar-refractivity contribution in [3.8, 4) is 0 Å². The average Bonchev–Trinajstić information content (AvgIpc) is 0. The van der Waals surface area contributed by atoms with Crippen LogP contribution in [0, 0.1) is 6.15 Å². The molecule has 0 aliphatic heterocycles. The van der Waals surface area contributed by atoms with Gasteiger partial charge in [-0.1, -0.05) is 0 Å². The van der Waals surface area contributed by atoms with Crippen LogP contribution in [0.4, 0.5) is 0 Å². The molecule has 0 N–H and O–H groups in total. The first-order chi connectivity index (χ1) is 0. The molecule has 0 aliphatic rings. The third-order valence-electron chi connectivity index (χ3n) is 0. The summed E-state index contributed by atoms with van der Waals surface area (Å²) < 4.78 is 0.